The summed E-state index contributed by atoms with van der Waals surface area (Å²) in [4.78, 5) is 39.1. The summed E-state index contributed by atoms with van der Waals surface area (Å²) in [6.45, 7) is 0.977. The van der Waals surface area contributed by atoms with Crippen LogP contribution in [0.25, 0.3) is 0 Å². The molecule has 0 spiro atoms. The first-order chi connectivity index (χ1) is 13.6. The molecule has 1 unspecified atom stereocenters. The van der Waals surface area contributed by atoms with Crippen molar-refractivity contribution in [3.8, 4) is 5.75 Å². The van der Waals surface area contributed by atoms with Crippen molar-refractivity contribution in [2.45, 2.75) is 17.9 Å². The van der Waals surface area contributed by atoms with Crippen LogP contribution >= 0.6 is 0 Å². The maximum atomic E-state index is 12.8. The first-order valence-corrected chi connectivity index (χ1v) is 10.2. The number of imide groups is 1. The van der Waals surface area contributed by atoms with Crippen molar-refractivity contribution in [3.63, 3.8) is 0 Å². The Morgan fingerprint density at radius 2 is 1.79 bits per heavy atom. The van der Waals surface area contributed by atoms with Gasteiger partial charge in [-0.25, -0.2) is 12.7 Å². The summed E-state index contributed by atoms with van der Waals surface area (Å²) in [5, 5.41) is 0. The Morgan fingerprint density at radius 3 is 2.48 bits per heavy atom. The summed E-state index contributed by atoms with van der Waals surface area (Å²) in [5.74, 6) is -1.57. The van der Waals surface area contributed by atoms with Gasteiger partial charge in [0, 0.05) is 19.7 Å². The number of carbonyl (C=O) groups excluding carboxylic acids is 3. The number of Topliss-reactive ketones (excluding diaryl/α,β-unsaturated/α-hetero) is 1. The largest absolute Gasteiger partial charge is 0.480 e. The zero-order valence-corrected chi connectivity index (χ0v) is 17.0. The number of amides is 2. The van der Waals surface area contributed by atoms with E-state index in [-0.39, 0.29) is 21.8 Å². The van der Waals surface area contributed by atoms with E-state index in [1.807, 2.05) is 0 Å². The van der Waals surface area contributed by atoms with E-state index >= 15 is 0 Å². The second kappa shape index (κ2) is 7.76. The van der Waals surface area contributed by atoms with Gasteiger partial charge in [0.2, 0.25) is 10.0 Å². The molecule has 1 atom stereocenters. The molecule has 29 heavy (non-hydrogen) atoms. The molecule has 2 amide bonds. The van der Waals surface area contributed by atoms with Gasteiger partial charge in [0.25, 0.3) is 11.8 Å². The summed E-state index contributed by atoms with van der Waals surface area (Å²) >= 11 is 0. The van der Waals surface area contributed by atoms with Crippen LogP contribution in [-0.2, 0) is 14.8 Å². The van der Waals surface area contributed by atoms with E-state index in [4.69, 9.17) is 4.74 Å². The predicted molar refractivity (Wildman–Crippen MR) is 104 cm³/mol. The summed E-state index contributed by atoms with van der Waals surface area (Å²) in [5.41, 5.74) is 0.265. The number of para-hydroxylation sites is 1. The van der Waals surface area contributed by atoms with Gasteiger partial charge < -0.3 is 4.74 Å². The van der Waals surface area contributed by atoms with E-state index in [9.17, 15) is 22.8 Å². The number of ketones is 1. The first-order valence-electron chi connectivity index (χ1n) is 8.80. The predicted octanol–water partition coefficient (Wildman–Crippen LogP) is 1.57. The third-order valence-corrected chi connectivity index (χ3v) is 6.33. The van der Waals surface area contributed by atoms with Crippen LogP contribution < -0.4 is 4.74 Å². The molecule has 3 rings (SSSR count). The highest BCUT2D eigenvalue weighted by molar-refractivity contribution is 7.89. The lowest BCUT2D eigenvalue weighted by atomic mass is 10.1. The molecule has 0 saturated carbocycles. The van der Waals surface area contributed by atoms with Crippen molar-refractivity contribution in [1.82, 2.24) is 9.21 Å². The molecular formula is C20H20N2O6S. The fourth-order valence-electron chi connectivity index (χ4n) is 2.88. The van der Waals surface area contributed by atoms with Gasteiger partial charge in [0.05, 0.1) is 17.0 Å². The van der Waals surface area contributed by atoms with Crippen LogP contribution in [0.5, 0.6) is 5.75 Å². The molecule has 1 aliphatic rings. The standard InChI is InChI=1S/C20H20N2O6S/c1-13-19(24)22(20(25)16-9-4-5-10-18(16)28-13)12-17(23)14-7-6-8-15(11-14)29(26,27)21(2)3/h4-11,13H,12H2,1-3H3. The summed E-state index contributed by atoms with van der Waals surface area (Å²) in [6.07, 6.45) is -0.948. The van der Waals surface area contributed by atoms with Crippen LogP contribution in [0.1, 0.15) is 27.6 Å². The summed E-state index contributed by atoms with van der Waals surface area (Å²) in [6, 6.07) is 11.9. The first kappa shape index (κ1) is 20.7. The molecule has 8 nitrogen and oxygen atoms in total. The van der Waals surface area contributed by atoms with Crippen LogP contribution in [0.15, 0.2) is 53.4 Å². The number of rotatable bonds is 5. The Morgan fingerprint density at radius 1 is 1.10 bits per heavy atom. The number of benzene rings is 2. The zero-order valence-electron chi connectivity index (χ0n) is 16.2. The highest BCUT2D eigenvalue weighted by atomic mass is 32.2. The number of hydrogen-bond donors (Lipinski definition) is 0. The Balaban J connectivity index is 1.92. The van der Waals surface area contributed by atoms with E-state index in [0.29, 0.717) is 0 Å². The average Bonchev–Trinajstić information content (AvgIpc) is 2.78. The number of hydrogen-bond acceptors (Lipinski definition) is 6. The lowest BCUT2D eigenvalue weighted by molar-refractivity contribution is -0.134. The minimum atomic E-state index is -3.73. The van der Waals surface area contributed by atoms with Crippen LogP contribution in [0, 0.1) is 0 Å². The molecule has 1 aliphatic heterocycles. The van der Waals surface area contributed by atoms with Crippen LogP contribution in [0.4, 0.5) is 0 Å². The lowest BCUT2D eigenvalue weighted by Crippen LogP contribution is -2.44. The van der Waals surface area contributed by atoms with Crippen molar-refractivity contribution in [1.29, 1.82) is 0 Å². The van der Waals surface area contributed by atoms with Gasteiger partial charge in [-0.05, 0) is 31.2 Å². The minimum absolute atomic E-state index is 0.0519. The molecule has 9 heteroatoms. The molecule has 0 saturated heterocycles. The molecule has 2 aromatic carbocycles. The normalized spacial score (nSPS) is 17.0. The van der Waals surface area contributed by atoms with E-state index in [2.05, 4.69) is 0 Å². The number of nitrogens with zero attached hydrogens (tertiary/aromatic N) is 2. The molecule has 1 heterocycles. The molecule has 2 aromatic rings. The van der Waals surface area contributed by atoms with Gasteiger partial charge in [-0.1, -0.05) is 24.3 Å². The Hall–Kier alpha value is -3.04. The van der Waals surface area contributed by atoms with Crippen molar-refractivity contribution in [3.05, 3.63) is 59.7 Å². The van der Waals surface area contributed by atoms with Gasteiger partial charge >= 0.3 is 0 Å². The molecule has 0 radical (unpaired) electrons. The fraction of sp³-hybridized carbons (Fsp3) is 0.250. The van der Waals surface area contributed by atoms with Gasteiger partial charge in [0.15, 0.2) is 11.9 Å². The van der Waals surface area contributed by atoms with E-state index in [1.165, 1.54) is 51.4 Å². The Kier molecular flexibility index (Phi) is 5.54. The molecule has 0 N–H and O–H groups in total. The quantitative estimate of drug-likeness (QED) is 0.542. The van der Waals surface area contributed by atoms with Gasteiger partial charge in [0.1, 0.15) is 5.75 Å². The Bertz CT molecular complexity index is 1090. The third-order valence-electron chi connectivity index (χ3n) is 4.52. The highest BCUT2D eigenvalue weighted by Crippen LogP contribution is 2.25. The molecular weight excluding hydrogens is 396 g/mol. The van der Waals surface area contributed by atoms with Crippen molar-refractivity contribution >= 4 is 27.6 Å². The summed E-state index contributed by atoms with van der Waals surface area (Å²) in [7, 11) is -0.956. The third kappa shape index (κ3) is 3.92. The van der Waals surface area contributed by atoms with E-state index in [1.54, 1.807) is 18.2 Å². The molecule has 0 bridgehead atoms. The second-order valence-electron chi connectivity index (χ2n) is 6.72. The number of ether oxygens (including phenoxy) is 1. The van der Waals surface area contributed by atoms with Gasteiger partial charge in [-0.3, -0.25) is 19.3 Å². The molecule has 0 aromatic heterocycles. The van der Waals surface area contributed by atoms with Crippen LogP contribution in [0.2, 0.25) is 0 Å². The number of sulfonamides is 1. The van der Waals surface area contributed by atoms with Gasteiger partial charge in [-0.2, -0.15) is 0 Å². The van der Waals surface area contributed by atoms with Crippen molar-refractivity contribution < 1.29 is 27.5 Å². The SMILES string of the molecule is CC1Oc2ccccc2C(=O)N(CC(=O)c2cccc(S(=O)(=O)N(C)C)c2)C1=O. The van der Waals surface area contributed by atoms with Crippen molar-refractivity contribution in [2.75, 3.05) is 20.6 Å². The number of fused-ring (bicyclic) bond motifs is 1. The van der Waals surface area contributed by atoms with Crippen LogP contribution in [-0.4, -0.2) is 62.0 Å². The lowest BCUT2D eigenvalue weighted by Gasteiger charge is -2.20. The fourth-order valence-corrected chi connectivity index (χ4v) is 3.83. The molecule has 0 aliphatic carbocycles. The molecule has 0 fully saturated rings. The topological polar surface area (TPSA) is 101 Å². The van der Waals surface area contributed by atoms with E-state index in [0.717, 1.165) is 9.21 Å². The smallest absolute Gasteiger partial charge is 0.270 e. The zero-order chi connectivity index (χ0) is 21.3. The van der Waals surface area contributed by atoms with Crippen LogP contribution in [0.3, 0.4) is 0 Å². The van der Waals surface area contributed by atoms with E-state index < -0.39 is 40.3 Å². The second-order valence-corrected chi connectivity index (χ2v) is 8.88. The van der Waals surface area contributed by atoms with Crippen molar-refractivity contribution in [2.24, 2.45) is 0 Å². The molecule has 152 valence electrons. The Labute approximate surface area is 168 Å². The van der Waals surface area contributed by atoms with Gasteiger partial charge in [-0.15, -0.1) is 0 Å². The average molecular weight is 416 g/mol. The number of carbonyl (C=O) groups is 3. The maximum Gasteiger partial charge on any atom is 0.270 e. The maximum absolute atomic E-state index is 12.8. The monoisotopic (exact) mass is 416 g/mol. The summed E-state index contributed by atoms with van der Waals surface area (Å²) < 4.78 is 31.2. The minimum Gasteiger partial charge on any atom is -0.480 e. The highest BCUT2D eigenvalue weighted by Gasteiger charge is 2.35.